The van der Waals surface area contributed by atoms with Crippen LogP contribution in [0.25, 0.3) is 0 Å². The van der Waals surface area contributed by atoms with Gasteiger partial charge in [-0.15, -0.1) is 0 Å². The second-order valence-electron chi connectivity index (χ2n) is 7.51. The third kappa shape index (κ3) is 5.12. The molecule has 0 fully saturated rings. The fraction of sp³-hybridized carbons (Fsp3) is 0.182. The number of hydrogen-bond acceptors (Lipinski definition) is 4. The Morgan fingerprint density at radius 2 is 1.59 bits per heavy atom. The van der Waals surface area contributed by atoms with Gasteiger partial charge in [-0.1, -0.05) is 29.8 Å². The van der Waals surface area contributed by atoms with Gasteiger partial charge in [-0.25, -0.2) is 21.2 Å². The number of benzene rings is 3. The number of halogens is 2. The molecule has 1 aliphatic heterocycles. The Morgan fingerprint density at radius 1 is 0.906 bits per heavy atom. The van der Waals surface area contributed by atoms with Crippen molar-refractivity contribution in [1.82, 2.24) is 4.31 Å². The normalized spacial score (nSPS) is 14.7. The van der Waals surface area contributed by atoms with Crippen molar-refractivity contribution in [2.75, 3.05) is 11.3 Å². The number of sulfonamides is 2. The van der Waals surface area contributed by atoms with Crippen LogP contribution < -0.4 is 4.72 Å². The molecule has 0 aromatic heterocycles. The van der Waals surface area contributed by atoms with Crippen molar-refractivity contribution in [3.8, 4) is 0 Å². The number of hydrogen-bond donors (Lipinski definition) is 1. The first-order valence-electron chi connectivity index (χ1n) is 9.75. The zero-order valence-electron chi connectivity index (χ0n) is 16.8. The summed E-state index contributed by atoms with van der Waals surface area (Å²) in [7, 11) is -7.47. The fourth-order valence-corrected chi connectivity index (χ4v) is 6.31. The molecule has 0 amide bonds. The van der Waals surface area contributed by atoms with Gasteiger partial charge < -0.3 is 0 Å². The molecule has 10 heteroatoms. The molecule has 0 saturated carbocycles. The molecule has 32 heavy (non-hydrogen) atoms. The molecular formula is C22H20ClFN2O4S2. The minimum atomic E-state index is -3.80. The quantitative estimate of drug-likeness (QED) is 0.557. The highest BCUT2D eigenvalue weighted by Gasteiger charge is 2.28. The molecule has 0 aliphatic carbocycles. The second kappa shape index (κ2) is 8.82. The third-order valence-electron chi connectivity index (χ3n) is 5.18. The van der Waals surface area contributed by atoms with E-state index in [1.165, 1.54) is 16.4 Å². The van der Waals surface area contributed by atoms with Crippen molar-refractivity contribution >= 4 is 37.3 Å². The monoisotopic (exact) mass is 494 g/mol. The molecule has 0 bridgehead atoms. The molecule has 0 spiro atoms. The van der Waals surface area contributed by atoms with Gasteiger partial charge in [0, 0.05) is 23.8 Å². The topological polar surface area (TPSA) is 83.6 Å². The van der Waals surface area contributed by atoms with Gasteiger partial charge in [0.05, 0.1) is 10.6 Å². The van der Waals surface area contributed by atoms with Crippen LogP contribution in [0.15, 0.2) is 71.6 Å². The number of fused-ring (bicyclic) bond motifs is 1. The molecule has 0 unspecified atom stereocenters. The molecule has 1 heterocycles. The van der Waals surface area contributed by atoms with E-state index in [2.05, 4.69) is 4.72 Å². The summed E-state index contributed by atoms with van der Waals surface area (Å²) in [6, 6.07) is 16.4. The van der Waals surface area contributed by atoms with Crippen molar-refractivity contribution in [3.63, 3.8) is 0 Å². The molecule has 4 rings (SSSR count). The predicted octanol–water partition coefficient (Wildman–Crippen LogP) is 4.17. The summed E-state index contributed by atoms with van der Waals surface area (Å²) >= 11 is 5.84. The van der Waals surface area contributed by atoms with Crippen LogP contribution in [0.4, 0.5) is 10.1 Å². The molecule has 0 saturated heterocycles. The van der Waals surface area contributed by atoms with Crippen molar-refractivity contribution in [1.29, 1.82) is 0 Å². The maximum Gasteiger partial charge on any atom is 0.243 e. The Bertz CT molecular complexity index is 1340. The first kappa shape index (κ1) is 22.7. The van der Waals surface area contributed by atoms with E-state index in [-0.39, 0.29) is 23.7 Å². The number of rotatable bonds is 6. The molecule has 0 atom stereocenters. The van der Waals surface area contributed by atoms with Crippen LogP contribution in [0.3, 0.4) is 0 Å². The minimum Gasteiger partial charge on any atom is -0.283 e. The van der Waals surface area contributed by atoms with E-state index < -0.39 is 25.9 Å². The van der Waals surface area contributed by atoms with Gasteiger partial charge in [0.25, 0.3) is 0 Å². The molecule has 0 radical (unpaired) electrons. The highest BCUT2D eigenvalue weighted by Crippen LogP contribution is 2.28. The molecule has 1 aliphatic rings. The lowest BCUT2D eigenvalue weighted by Crippen LogP contribution is -2.36. The second-order valence-corrected chi connectivity index (χ2v) is 11.6. The lowest BCUT2D eigenvalue weighted by molar-refractivity contribution is 0.391. The van der Waals surface area contributed by atoms with Crippen LogP contribution in [0.5, 0.6) is 0 Å². The lowest BCUT2D eigenvalue weighted by Gasteiger charge is -2.28. The molecule has 1 N–H and O–H groups in total. The van der Waals surface area contributed by atoms with Crippen LogP contribution >= 0.6 is 11.6 Å². The smallest absolute Gasteiger partial charge is 0.243 e. The predicted molar refractivity (Wildman–Crippen MR) is 122 cm³/mol. The lowest BCUT2D eigenvalue weighted by atomic mass is 10.0. The van der Waals surface area contributed by atoms with E-state index in [1.54, 1.807) is 42.5 Å². The Kier molecular flexibility index (Phi) is 6.26. The number of anilines is 1. The highest BCUT2D eigenvalue weighted by atomic mass is 35.5. The first-order chi connectivity index (χ1) is 15.1. The van der Waals surface area contributed by atoms with Crippen molar-refractivity contribution in [2.45, 2.75) is 23.6 Å². The molecular weight excluding hydrogens is 475 g/mol. The summed E-state index contributed by atoms with van der Waals surface area (Å²) in [5, 5.41) is 0.522. The van der Waals surface area contributed by atoms with Crippen LogP contribution in [-0.2, 0) is 38.8 Å². The van der Waals surface area contributed by atoms with Crippen LogP contribution in [0.2, 0.25) is 5.02 Å². The average molecular weight is 495 g/mol. The van der Waals surface area contributed by atoms with Crippen molar-refractivity contribution < 1.29 is 21.2 Å². The fourth-order valence-electron chi connectivity index (χ4n) is 3.57. The summed E-state index contributed by atoms with van der Waals surface area (Å²) in [5.41, 5.74) is 2.63. The highest BCUT2D eigenvalue weighted by molar-refractivity contribution is 7.91. The number of nitrogens with zero attached hydrogens (tertiary/aromatic N) is 1. The Labute approximate surface area is 191 Å². The largest absolute Gasteiger partial charge is 0.283 e. The van der Waals surface area contributed by atoms with Crippen LogP contribution in [0.1, 0.15) is 16.7 Å². The first-order valence-corrected chi connectivity index (χ1v) is 13.2. The maximum absolute atomic E-state index is 13.2. The Hall–Kier alpha value is -2.46. The van der Waals surface area contributed by atoms with Gasteiger partial charge in [0.15, 0.2) is 0 Å². The maximum atomic E-state index is 13.2. The summed E-state index contributed by atoms with van der Waals surface area (Å²) in [6.45, 7) is 0.385. The van der Waals surface area contributed by atoms with E-state index in [0.717, 1.165) is 17.7 Å². The molecule has 168 valence electrons. The average Bonchev–Trinajstić information content (AvgIpc) is 2.74. The van der Waals surface area contributed by atoms with E-state index in [4.69, 9.17) is 11.6 Å². The molecule has 6 nitrogen and oxygen atoms in total. The summed E-state index contributed by atoms with van der Waals surface area (Å²) < 4.78 is 68.1. The molecule has 3 aromatic carbocycles. The molecule has 3 aromatic rings. The van der Waals surface area contributed by atoms with Crippen molar-refractivity contribution in [2.24, 2.45) is 0 Å². The van der Waals surface area contributed by atoms with Crippen molar-refractivity contribution in [3.05, 3.63) is 94.3 Å². The SMILES string of the molecule is O=S(=O)(Cc1ccc(Cl)cc1)Nc1ccc2c(c1)CN(S(=O)(=O)c1ccc(F)cc1)CC2. The Morgan fingerprint density at radius 3 is 2.28 bits per heavy atom. The van der Waals surface area contributed by atoms with Crippen LogP contribution in [0, 0.1) is 5.82 Å². The summed E-state index contributed by atoms with van der Waals surface area (Å²) in [5.74, 6) is -0.727. The number of nitrogens with one attached hydrogen (secondary N) is 1. The van der Waals surface area contributed by atoms with Crippen LogP contribution in [-0.4, -0.2) is 27.7 Å². The van der Waals surface area contributed by atoms with Gasteiger partial charge in [-0.3, -0.25) is 4.72 Å². The summed E-state index contributed by atoms with van der Waals surface area (Å²) in [6.07, 6.45) is 0.494. The van der Waals surface area contributed by atoms with E-state index in [1.807, 2.05) is 0 Å². The van der Waals surface area contributed by atoms with E-state index >= 15 is 0 Å². The van der Waals surface area contributed by atoms with Gasteiger partial charge in [-0.2, -0.15) is 4.31 Å². The van der Waals surface area contributed by atoms with E-state index in [9.17, 15) is 21.2 Å². The third-order valence-corrected chi connectivity index (χ3v) is 8.55. The summed E-state index contributed by atoms with van der Waals surface area (Å²) in [4.78, 5) is 0.0159. The van der Waals surface area contributed by atoms with Gasteiger partial charge in [0.2, 0.25) is 20.0 Å². The van der Waals surface area contributed by atoms with Gasteiger partial charge in [-0.05, 0) is 71.6 Å². The van der Waals surface area contributed by atoms with E-state index in [0.29, 0.717) is 28.3 Å². The standard InChI is InChI=1S/C22H20ClFN2O4S2/c23-19-4-1-16(2-5-19)15-31(27,28)25-21-8-3-17-11-12-26(14-18(17)13-21)32(29,30)22-9-6-20(24)7-10-22/h1-10,13,25H,11-12,14-15H2. The van der Waals surface area contributed by atoms with Gasteiger partial charge in [0.1, 0.15) is 5.82 Å². The zero-order chi connectivity index (χ0) is 22.9. The minimum absolute atomic E-state index is 0.0159. The zero-order valence-corrected chi connectivity index (χ0v) is 19.2. The Balaban J connectivity index is 1.52. The van der Waals surface area contributed by atoms with Gasteiger partial charge >= 0.3 is 0 Å².